The van der Waals surface area contributed by atoms with Crippen molar-refractivity contribution in [2.24, 2.45) is 7.05 Å². The maximum absolute atomic E-state index is 10.9. The molecule has 0 saturated carbocycles. The van der Waals surface area contributed by atoms with Gasteiger partial charge in [-0.15, -0.1) is 0 Å². The molecule has 19 heavy (non-hydrogen) atoms. The van der Waals surface area contributed by atoms with Gasteiger partial charge in [-0.2, -0.15) is 4.57 Å². The van der Waals surface area contributed by atoms with E-state index >= 15 is 0 Å². The molecule has 2 aromatic heterocycles. The molecule has 0 aromatic carbocycles. The highest BCUT2D eigenvalue weighted by molar-refractivity contribution is 5.89. The Morgan fingerprint density at radius 1 is 1.26 bits per heavy atom. The molecule has 2 rings (SSSR count). The fourth-order valence-electron chi connectivity index (χ4n) is 1.65. The van der Waals surface area contributed by atoms with Gasteiger partial charge in [-0.3, -0.25) is 0 Å². The molecule has 0 unspecified atom stereocenters. The first-order valence-electron chi connectivity index (χ1n) is 5.40. The van der Waals surface area contributed by atoms with Gasteiger partial charge in [0.1, 0.15) is 12.7 Å². The van der Waals surface area contributed by atoms with E-state index in [1.54, 1.807) is 17.8 Å². The van der Waals surface area contributed by atoms with Gasteiger partial charge in [0.25, 0.3) is 0 Å². The van der Waals surface area contributed by atoms with Gasteiger partial charge in [0, 0.05) is 23.9 Å². The van der Waals surface area contributed by atoms with E-state index in [2.05, 4.69) is 4.98 Å². The number of aromatic nitrogens is 2. The molecule has 2 heterocycles. The van der Waals surface area contributed by atoms with E-state index in [1.165, 1.54) is 30.5 Å². The zero-order chi connectivity index (χ0) is 14.0. The largest absolute Gasteiger partial charge is 0.545 e. The molecule has 0 aliphatic carbocycles. The summed E-state index contributed by atoms with van der Waals surface area (Å²) in [6.07, 6.45) is 2.92. The van der Waals surface area contributed by atoms with Crippen molar-refractivity contribution >= 4 is 11.9 Å². The van der Waals surface area contributed by atoms with Crippen molar-refractivity contribution in [2.75, 3.05) is 0 Å². The van der Waals surface area contributed by atoms with Crippen molar-refractivity contribution in [3.63, 3.8) is 0 Å². The van der Waals surface area contributed by atoms with E-state index in [0.29, 0.717) is 11.4 Å². The van der Waals surface area contributed by atoms with Gasteiger partial charge in [-0.1, -0.05) is 0 Å². The number of aromatic carboxylic acids is 2. The number of carbonyl (C=O) groups excluding carboxylic acids is 1. The summed E-state index contributed by atoms with van der Waals surface area (Å²) in [7, 11) is 1.72. The van der Waals surface area contributed by atoms with Crippen LogP contribution in [-0.2, 0) is 7.05 Å². The van der Waals surface area contributed by atoms with E-state index < -0.39 is 11.9 Å². The van der Waals surface area contributed by atoms with E-state index in [9.17, 15) is 14.7 Å². The Morgan fingerprint density at radius 3 is 2.63 bits per heavy atom. The number of hydrogen-bond acceptors (Lipinski definition) is 4. The highest BCUT2D eigenvalue weighted by Crippen LogP contribution is 2.15. The average Bonchev–Trinajstić information content (AvgIpc) is 2.39. The van der Waals surface area contributed by atoms with Crippen molar-refractivity contribution in [3.8, 4) is 11.4 Å². The standard InChI is InChI=1S/C13H10N2O4/c1-15-5-3-9(13(18)19)7-11(15)10-6-8(12(16)17)2-4-14-10/h2-7H,1H3,(H-,16,17,18,19). The molecule has 1 N–H and O–H groups in total. The van der Waals surface area contributed by atoms with Crippen LogP contribution in [0.3, 0.4) is 0 Å². The molecule has 96 valence electrons. The van der Waals surface area contributed by atoms with Crippen LogP contribution in [0.2, 0.25) is 0 Å². The van der Waals surface area contributed by atoms with E-state index in [-0.39, 0.29) is 11.1 Å². The van der Waals surface area contributed by atoms with Crippen LogP contribution in [0.1, 0.15) is 20.7 Å². The molecular formula is C13H10N2O4. The highest BCUT2D eigenvalue weighted by atomic mass is 16.4. The number of rotatable bonds is 3. The summed E-state index contributed by atoms with van der Waals surface area (Å²) in [4.78, 5) is 25.8. The Balaban J connectivity index is 2.57. The molecule has 0 fully saturated rings. The Labute approximate surface area is 108 Å². The minimum absolute atomic E-state index is 0.00859. The first-order valence-corrected chi connectivity index (χ1v) is 5.40. The second kappa shape index (κ2) is 4.85. The Morgan fingerprint density at radius 2 is 2.00 bits per heavy atom. The van der Waals surface area contributed by atoms with Crippen molar-refractivity contribution < 1.29 is 24.4 Å². The normalized spacial score (nSPS) is 10.2. The lowest BCUT2D eigenvalue weighted by Crippen LogP contribution is -2.31. The molecular weight excluding hydrogens is 248 g/mol. The maximum Gasteiger partial charge on any atom is 0.336 e. The van der Waals surface area contributed by atoms with E-state index in [0.717, 1.165) is 0 Å². The molecule has 0 aliphatic heterocycles. The fraction of sp³-hybridized carbons (Fsp3) is 0.0769. The van der Waals surface area contributed by atoms with Crippen molar-refractivity contribution in [2.45, 2.75) is 0 Å². The van der Waals surface area contributed by atoms with Gasteiger partial charge in [0.15, 0.2) is 6.20 Å². The van der Waals surface area contributed by atoms with Crippen LogP contribution in [0.15, 0.2) is 36.7 Å². The summed E-state index contributed by atoms with van der Waals surface area (Å²) < 4.78 is 1.66. The molecule has 2 aromatic rings. The zero-order valence-corrected chi connectivity index (χ0v) is 10.0. The Hall–Kier alpha value is -2.76. The molecule has 0 amide bonds. The van der Waals surface area contributed by atoms with Crippen LogP contribution in [-0.4, -0.2) is 22.0 Å². The highest BCUT2D eigenvalue weighted by Gasteiger charge is 2.15. The number of hydrogen-bond donors (Lipinski definition) is 1. The summed E-state index contributed by atoms with van der Waals surface area (Å²) in [6, 6.07) is 5.55. The Kier molecular flexibility index (Phi) is 3.24. The van der Waals surface area contributed by atoms with Crippen molar-refractivity contribution in [3.05, 3.63) is 47.8 Å². The molecule has 0 saturated heterocycles. The van der Waals surface area contributed by atoms with Gasteiger partial charge < -0.3 is 15.0 Å². The van der Waals surface area contributed by atoms with Crippen LogP contribution in [0.4, 0.5) is 0 Å². The van der Waals surface area contributed by atoms with Crippen molar-refractivity contribution in [1.82, 2.24) is 4.98 Å². The number of carboxylic acid groups (broad SMARTS) is 2. The van der Waals surface area contributed by atoms with E-state index in [1.807, 2.05) is 0 Å². The van der Waals surface area contributed by atoms with Gasteiger partial charge in [0.05, 0.1) is 11.5 Å². The predicted molar refractivity (Wildman–Crippen MR) is 62.1 cm³/mol. The summed E-state index contributed by atoms with van der Waals surface area (Å²) in [5, 5.41) is 19.8. The lowest BCUT2D eigenvalue weighted by Gasteiger charge is -2.04. The van der Waals surface area contributed by atoms with Crippen LogP contribution < -0.4 is 9.67 Å². The Bertz CT molecular complexity index is 667. The van der Waals surface area contributed by atoms with Crippen molar-refractivity contribution in [1.29, 1.82) is 0 Å². The third-order valence-electron chi connectivity index (χ3n) is 2.65. The quantitative estimate of drug-likeness (QED) is 0.758. The van der Waals surface area contributed by atoms with E-state index in [4.69, 9.17) is 5.11 Å². The van der Waals surface area contributed by atoms with Crippen LogP contribution in [0, 0.1) is 0 Å². The molecule has 6 heteroatoms. The minimum Gasteiger partial charge on any atom is -0.545 e. The summed E-state index contributed by atoms with van der Waals surface area (Å²) >= 11 is 0. The number of carboxylic acids is 2. The first-order chi connectivity index (χ1) is 8.99. The molecule has 0 bridgehead atoms. The third kappa shape index (κ3) is 2.57. The summed E-state index contributed by atoms with van der Waals surface area (Å²) in [5.74, 6) is -2.36. The average molecular weight is 258 g/mol. The second-order valence-electron chi connectivity index (χ2n) is 3.93. The number of pyridine rings is 2. The van der Waals surface area contributed by atoms with Crippen LogP contribution in [0.25, 0.3) is 11.4 Å². The first kappa shape index (κ1) is 12.7. The third-order valence-corrected chi connectivity index (χ3v) is 2.65. The predicted octanol–water partition coefficient (Wildman–Crippen LogP) is -0.365. The lowest BCUT2D eigenvalue weighted by molar-refractivity contribution is -0.660. The lowest BCUT2D eigenvalue weighted by atomic mass is 10.1. The summed E-state index contributed by atoms with van der Waals surface area (Å²) in [5.41, 5.74) is 0.967. The minimum atomic E-state index is -1.30. The van der Waals surface area contributed by atoms with Crippen LogP contribution in [0.5, 0.6) is 0 Å². The van der Waals surface area contributed by atoms with Gasteiger partial charge in [-0.25, -0.2) is 9.78 Å². The topological polar surface area (TPSA) is 94.2 Å². The zero-order valence-electron chi connectivity index (χ0n) is 10.0. The molecule has 0 atom stereocenters. The number of aryl methyl sites for hydroxylation is 1. The van der Waals surface area contributed by atoms with Crippen LogP contribution >= 0.6 is 0 Å². The number of carbonyl (C=O) groups is 2. The second-order valence-corrected chi connectivity index (χ2v) is 3.93. The van der Waals surface area contributed by atoms with Gasteiger partial charge in [0.2, 0.25) is 5.69 Å². The smallest absolute Gasteiger partial charge is 0.336 e. The maximum atomic E-state index is 10.9. The molecule has 6 nitrogen and oxygen atoms in total. The van der Waals surface area contributed by atoms with Gasteiger partial charge in [-0.05, 0) is 12.1 Å². The molecule has 0 aliphatic rings. The monoisotopic (exact) mass is 258 g/mol. The molecule has 0 spiro atoms. The molecule has 0 radical (unpaired) electrons. The fourth-order valence-corrected chi connectivity index (χ4v) is 1.65. The van der Waals surface area contributed by atoms with Gasteiger partial charge >= 0.3 is 5.97 Å². The SMILES string of the molecule is C[n+]1ccc(C(=O)O)cc1-c1cc(C(=O)[O-])ccn1. The number of nitrogens with zero attached hydrogens (tertiary/aromatic N) is 2. The summed E-state index contributed by atoms with van der Waals surface area (Å²) in [6.45, 7) is 0.